The van der Waals surface area contributed by atoms with E-state index < -0.39 is 13.0 Å². The van der Waals surface area contributed by atoms with Crippen LogP contribution in [0.1, 0.15) is 54.7 Å². The van der Waals surface area contributed by atoms with Crippen LogP contribution in [0, 0.1) is 5.92 Å². The molecule has 5 nitrogen and oxygen atoms in total. The monoisotopic (exact) mass is 511 g/mol. The highest BCUT2D eigenvalue weighted by Gasteiger charge is 2.25. The van der Waals surface area contributed by atoms with Crippen molar-refractivity contribution in [2.24, 2.45) is 5.92 Å². The SMILES string of the molecule is O=C(CCc1ccc(Cl)cc1)N[C@H]1CC[C@H](CCN2CCc3sc(OCC(F)F)nc3C2)CC1. The molecule has 2 aromatic rings. The van der Waals surface area contributed by atoms with Crippen LogP contribution in [0.4, 0.5) is 8.78 Å². The van der Waals surface area contributed by atoms with Crippen LogP contribution >= 0.6 is 22.9 Å². The summed E-state index contributed by atoms with van der Waals surface area (Å²) < 4.78 is 29.8. The summed E-state index contributed by atoms with van der Waals surface area (Å²) in [4.78, 5) is 20.3. The van der Waals surface area contributed by atoms with Gasteiger partial charge in [-0.25, -0.2) is 13.8 Å². The van der Waals surface area contributed by atoms with Gasteiger partial charge >= 0.3 is 0 Å². The second-order valence-corrected chi connectivity index (χ2v) is 10.8. The van der Waals surface area contributed by atoms with E-state index in [-0.39, 0.29) is 11.9 Å². The van der Waals surface area contributed by atoms with Crippen molar-refractivity contribution in [3.8, 4) is 5.19 Å². The molecule has 4 rings (SSSR count). The normalized spacial score (nSPS) is 20.8. The molecule has 34 heavy (non-hydrogen) atoms. The number of nitrogens with zero attached hydrogens (tertiary/aromatic N) is 2. The number of aryl methyl sites for hydroxylation is 1. The summed E-state index contributed by atoms with van der Waals surface area (Å²) in [5, 5.41) is 4.29. The first kappa shape index (κ1) is 25.3. The molecular formula is C25H32ClF2N3O2S. The average molecular weight is 512 g/mol. The molecule has 0 atom stereocenters. The maximum Gasteiger partial charge on any atom is 0.273 e. The van der Waals surface area contributed by atoms with Crippen LogP contribution in [0.2, 0.25) is 5.02 Å². The van der Waals surface area contributed by atoms with Gasteiger partial charge in [-0.05, 0) is 75.1 Å². The standard InChI is InChI=1S/C25H32ClF2N3O2S/c26-19-6-1-17(2-7-19)5-10-24(32)29-20-8-3-18(4-9-20)11-13-31-14-12-22-21(15-31)30-25(34-22)33-16-23(27)28/h1-2,6-7,18,20,23H,3-5,8-16H2,(H,29,32)/t18-,20-. The number of aromatic nitrogens is 1. The number of rotatable bonds is 10. The Hall–Kier alpha value is -1.77. The van der Waals surface area contributed by atoms with E-state index >= 15 is 0 Å². The third-order valence-corrected chi connectivity index (χ3v) is 8.06. The number of ether oxygens (including phenoxy) is 1. The highest BCUT2D eigenvalue weighted by molar-refractivity contribution is 7.13. The number of thiazole rings is 1. The number of carbonyl (C=O) groups is 1. The minimum absolute atomic E-state index is 0.127. The zero-order valence-electron chi connectivity index (χ0n) is 19.3. The second kappa shape index (κ2) is 12.3. The van der Waals surface area contributed by atoms with Gasteiger partial charge in [-0.3, -0.25) is 9.69 Å². The van der Waals surface area contributed by atoms with Gasteiger partial charge in [0.15, 0.2) is 6.61 Å². The number of halogens is 3. The summed E-state index contributed by atoms with van der Waals surface area (Å²) in [5.41, 5.74) is 2.10. The quantitative estimate of drug-likeness (QED) is 0.458. The minimum atomic E-state index is -2.48. The van der Waals surface area contributed by atoms with Crippen LogP contribution in [0.25, 0.3) is 0 Å². The lowest BCUT2D eigenvalue weighted by Gasteiger charge is -2.32. The number of carbonyl (C=O) groups excluding carboxylic acids is 1. The predicted molar refractivity (Wildman–Crippen MR) is 131 cm³/mol. The summed E-state index contributed by atoms with van der Waals surface area (Å²) >= 11 is 7.31. The van der Waals surface area contributed by atoms with Crippen LogP contribution < -0.4 is 10.1 Å². The molecule has 2 heterocycles. The first-order chi connectivity index (χ1) is 16.4. The number of benzene rings is 1. The largest absolute Gasteiger partial charge is 0.464 e. The summed E-state index contributed by atoms with van der Waals surface area (Å²) in [6, 6.07) is 7.95. The molecule has 0 unspecified atom stereocenters. The van der Waals surface area contributed by atoms with Gasteiger partial charge < -0.3 is 10.1 Å². The molecule has 9 heteroatoms. The summed E-state index contributed by atoms with van der Waals surface area (Å²) in [5.74, 6) is 0.812. The van der Waals surface area contributed by atoms with Crippen molar-refractivity contribution in [2.75, 3.05) is 19.7 Å². The number of hydrogen-bond donors (Lipinski definition) is 1. The highest BCUT2D eigenvalue weighted by atomic mass is 35.5. The van der Waals surface area contributed by atoms with Crippen molar-refractivity contribution in [2.45, 2.75) is 70.4 Å². The fourth-order valence-corrected chi connectivity index (χ4v) is 5.83. The Kier molecular flexibility index (Phi) is 9.14. The lowest BCUT2D eigenvalue weighted by molar-refractivity contribution is -0.122. The number of hydrogen-bond acceptors (Lipinski definition) is 5. The molecule has 0 spiro atoms. The average Bonchev–Trinajstić information content (AvgIpc) is 3.24. The zero-order chi connectivity index (χ0) is 23.9. The number of nitrogens with one attached hydrogen (secondary N) is 1. The molecule has 1 aromatic heterocycles. The van der Waals surface area contributed by atoms with E-state index in [1.807, 2.05) is 24.3 Å². The van der Waals surface area contributed by atoms with Crippen LogP contribution in [-0.2, 0) is 24.2 Å². The van der Waals surface area contributed by atoms with E-state index in [0.717, 1.165) is 80.7 Å². The fraction of sp³-hybridized carbons (Fsp3) is 0.600. The molecule has 1 aromatic carbocycles. The van der Waals surface area contributed by atoms with Crippen molar-refractivity contribution in [3.63, 3.8) is 0 Å². The Morgan fingerprint density at radius 2 is 2.00 bits per heavy atom. The maximum atomic E-state index is 12.4. The van der Waals surface area contributed by atoms with Gasteiger partial charge in [0.1, 0.15) is 0 Å². The third-order valence-electron chi connectivity index (χ3n) is 6.74. The van der Waals surface area contributed by atoms with Crippen molar-refractivity contribution < 1.29 is 18.3 Å². The van der Waals surface area contributed by atoms with Crippen LogP contribution in [0.15, 0.2) is 24.3 Å². The molecule has 1 N–H and O–H groups in total. The van der Waals surface area contributed by atoms with Gasteiger partial charge in [0.25, 0.3) is 11.6 Å². The van der Waals surface area contributed by atoms with Gasteiger partial charge in [0, 0.05) is 35.5 Å². The summed E-state index contributed by atoms with van der Waals surface area (Å²) in [7, 11) is 0. The second-order valence-electron chi connectivity index (χ2n) is 9.28. The third kappa shape index (κ3) is 7.62. The topological polar surface area (TPSA) is 54.5 Å². The molecule has 2 aliphatic rings. The Balaban J connectivity index is 1.12. The smallest absolute Gasteiger partial charge is 0.273 e. The Labute approximate surface area is 208 Å². The van der Waals surface area contributed by atoms with Crippen molar-refractivity contribution >= 4 is 28.8 Å². The number of alkyl halides is 2. The molecular weight excluding hydrogens is 480 g/mol. The molecule has 1 aliphatic carbocycles. The molecule has 1 aliphatic heterocycles. The molecule has 1 saturated carbocycles. The molecule has 0 bridgehead atoms. The molecule has 186 valence electrons. The van der Waals surface area contributed by atoms with E-state index in [1.54, 1.807) is 0 Å². The molecule has 0 radical (unpaired) electrons. The molecule has 1 fully saturated rings. The van der Waals surface area contributed by atoms with E-state index in [1.165, 1.54) is 11.3 Å². The molecule has 1 amide bonds. The van der Waals surface area contributed by atoms with E-state index in [9.17, 15) is 13.6 Å². The van der Waals surface area contributed by atoms with Crippen molar-refractivity contribution in [1.29, 1.82) is 0 Å². The van der Waals surface area contributed by atoms with Gasteiger partial charge in [-0.1, -0.05) is 35.1 Å². The van der Waals surface area contributed by atoms with Crippen LogP contribution in [-0.4, -0.2) is 48.0 Å². The lowest BCUT2D eigenvalue weighted by atomic mass is 9.84. The predicted octanol–water partition coefficient (Wildman–Crippen LogP) is 5.50. The van der Waals surface area contributed by atoms with Gasteiger partial charge in [-0.15, -0.1) is 0 Å². The zero-order valence-corrected chi connectivity index (χ0v) is 20.9. The number of amides is 1. The molecule has 0 saturated heterocycles. The first-order valence-electron chi connectivity index (χ1n) is 12.1. The fourth-order valence-electron chi connectivity index (χ4n) is 4.79. The Bertz CT molecular complexity index is 933. The summed E-state index contributed by atoms with van der Waals surface area (Å²) in [6.45, 7) is 2.17. The van der Waals surface area contributed by atoms with Gasteiger partial charge in [0.2, 0.25) is 5.91 Å². The van der Waals surface area contributed by atoms with Crippen LogP contribution in [0.3, 0.4) is 0 Å². The lowest BCUT2D eigenvalue weighted by Crippen LogP contribution is -2.38. The van der Waals surface area contributed by atoms with E-state index in [4.69, 9.17) is 16.3 Å². The Morgan fingerprint density at radius 3 is 2.74 bits per heavy atom. The van der Waals surface area contributed by atoms with Crippen molar-refractivity contribution in [1.82, 2.24) is 15.2 Å². The van der Waals surface area contributed by atoms with E-state index in [0.29, 0.717) is 22.6 Å². The number of fused-ring (bicyclic) bond motifs is 1. The highest BCUT2D eigenvalue weighted by Crippen LogP contribution is 2.31. The van der Waals surface area contributed by atoms with Gasteiger partial charge in [0.05, 0.1) is 5.69 Å². The van der Waals surface area contributed by atoms with Gasteiger partial charge in [-0.2, -0.15) is 0 Å². The van der Waals surface area contributed by atoms with Crippen LogP contribution in [0.5, 0.6) is 5.19 Å². The maximum absolute atomic E-state index is 12.4. The summed E-state index contributed by atoms with van der Waals surface area (Å²) in [6.07, 6.45) is 5.17. The minimum Gasteiger partial charge on any atom is -0.464 e. The Morgan fingerprint density at radius 1 is 1.24 bits per heavy atom. The van der Waals surface area contributed by atoms with Crippen molar-refractivity contribution in [3.05, 3.63) is 45.4 Å². The first-order valence-corrected chi connectivity index (χ1v) is 13.3. The van der Waals surface area contributed by atoms with E-state index in [2.05, 4.69) is 15.2 Å².